The van der Waals surface area contributed by atoms with Crippen LogP contribution in [0.3, 0.4) is 0 Å². The number of esters is 2. The summed E-state index contributed by atoms with van der Waals surface area (Å²) in [7, 11) is 1.39. The Bertz CT molecular complexity index is 1540. The van der Waals surface area contributed by atoms with Gasteiger partial charge in [-0.05, 0) is 96.3 Å². The zero-order chi connectivity index (χ0) is 47.1. The summed E-state index contributed by atoms with van der Waals surface area (Å²) in [4.78, 5) is 35.5. The Hall–Kier alpha value is -3.85. The molecule has 10 heteroatoms. The fourth-order valence-corrected chi connectivity index (χ4v) is 6.28. The first kappa shape index (κ1) is 60.2. The second-order valence-corrected chi connectivity index (χ2v) is 17.8. The van der Waals surface area contributed by atoms with Crippen molar-refractivity contribution in [3.63, 3.8) is 0 Å². The van der Waals surface area contributed by atoms with Crippen molar-refractivity contribution in [2.75, 3.05) is 47.5 Å². The number of carbonyl (C=O) groups excluding carboxylic acids is 2. The van der Waals surface area contributed by atoms with E-state index in [0.29, 0.717) is 23.9 Å². The molecule has 64 heavy (non-hydrogen) atoms. The van der Waals surface area contributed by atoms with Crippen LogP contribution in [0.15, 0.2) is 134 Å². The molecule has 0 aliphatic heterocycles. The molecule has 0 bridgehead atoms. The summed E-state index contributed by atoms with van der Waals surface area (Å²) < 4.78 is 34.3. The Morgan fingerprint density at radius 1 is 0.484 bits per heavy atom. The zero-order valence-corrected chi connectivity index (χ0v) is 41.3. The molecule has 0 aliphatic carbocycles. The topological polar surface area (TPSA) is 108 Å². The third-order valence-corrected chi connectivity index (χ3v) is 10.2. The summed E-state index contributed by atoms with van der Waals surface area (Å²) in [6.07, 6.45) is 63.7. The van der Waals surface area contributed by atoms with Crippen molar-refractivity contribution in [2.45, 2.75) is 148 Å². The number of ether oxygens (including phenoxy) is 2. The Labute approximate surface area is 390 Å². The van der Waals surface area contributed by atoms with Gasteiger partial charge in [-0.2, -0.15) is 0 Å². The first-order chi connectivity index (χ1) is 31.0. The number of hydrogen-bond acceptors (Lipinski definition) is 7. The Morgan fingerprint density at radius 3 is 1.31 bits per heavy atom. The Balaban J connectivity index is 4.49. The van der Waals surface area contributed by atoms with E-state index in [1.807, 2.05) is 33.3 Å². The highest BCUT2D eigenvalue weighted by atomic mass is 31.2. The van der Waals surface area contributed by atoms with Crippen LogP contribution in [-0.4, -0.2) is 74.9 Å². The monoisotopic (exact) mass is 909 g/mol. The van der Waals surface area contributed by atoms with E-state index in [2.05, 4.69) is 135 Å². The highest BCUT2D eigenvalue weighted by molar-refractivity contribution is 7.47. The SMILES string of the molecule is CC/C=C\C/C=C\C/C=C\C/C=C\C/C=C\C/C=C\CCC(=O)OC(COC(=O)CCCCCCC/C=C\C/C=C\C/C=C\C/C=C\C/C=C\CC)COP(=O)(O)OCC[N+](C)(C)C. The number of phosphoric acid groups is 1. The lowest BCUT2D eigenvalue weighted by Crippen LogP contribution is -2.37. The normalized spacial score (nSPS) is 14.7. The van der Waals surface area contributed by atoms with Crippen LogP contribution in [0.5, 0.6) is 0 Å². The predicted molar refractivity (Wildman–Crippen MR) is 270 cm³/mol. The van der Waals surface area contributed by atoms with Gasteiger partial charge in [0.05, 0.1) is 27.7 Å². The van der Waals surface area contributed by atoms with Crippen LogP contribution in [-0.2, 0) is 32.7 Å². The molecule has 0 saturated heterocycles. The lowest BCUT2D eigenvalue weighted by atomic mass is 10.1. The van der Waals surface area contributed by atoms with Gasteiger partial charge < -0.3 is 18.9 Å². The van der Waals surface area contributed by atoms with Gasteiger partial charge >= 0.3 is 19.8 Å². The molecule has 0 spiro atoms. The molecule has 0 radical (unpaired) electrons. The number of quaternary nitrogens is 1. The van der Waals surface area contributed by atoms with E-state index in [4.69, 9.17) is 18.5 Å². The van der Waals surface area contributed by atoms with Gasteiger partial charge in [-0.1, -0.05) is 167 Å². The molecule has 0 aromatic rings. The zero-order valence-electron chi connectivity index (χ0n) is 40.4. The van der Waals surface area contributed by atoms with E-state index >= 15 is 0 Å². The van der Waals surface area contributed by atoms with Crippen LogP contribution < -0.4 is 0 Å². The molecule has 2 atom stereocenters. The average Bonchev–Trinajstić information content (AvgIpc) is 3.25. The first-order valence-electron chi connectivity index (χ1n) is 23.9. The minimum atomic E-state index is -4.42. The van der Waals surface area contributed by atoms with Gasteiger partial charge in [-0.3, -0.25) is 18.6 Å². The van der Waals surface area contributed by atoms with E-state index in [-0.39, 0.29) is 26.1 Å². The van der Waals surface area contributed by atoms with Gasteiger partial charge in [0.25, 0.3) is 0 Å². The number of allylic oxidation sites excluding steroid dienone is 22. The second-order valence-electron chi connectivity index (χ2n) is 16.4. The number of likely N-dealkylation sites (N-methyl/N-ethyl adjacent to an activating group) is 1. The number of carbonyl (C=O) groups is 2. The maximum absolute atomic E-state index is 12.7. The third kappa shape index (κ3) is 47.6. The standard InChI is InChI=1S/C54H86NO8P/c1-6-8-10-12-14-16-18-20-22-24-26-27-29-30-32-34-36-38-40-42-44-46-53(56)60-50-52(51-62-64(58,59)61-49-48-55(3,4)5)63-54(57)47-45-43-41-39-37-35-33-31-28-25-23-21-19-17-15-13-11-9-7-2/h8-11,14-17,20-23,26-28,30-32,35,37,41,43,52H,6-7,12-13,18-19,24-25,29,33-34,36,38-40,42,44-51H2,1-5H3/p+1/b10-8-,11-9-,16-14-,17-15-,22-20-,23-21-,27-26-,31-28-,32-30-,37-35-,43-41-. The van der Waals surface area contributed by atoms with Crippen LogP contribution in [0, 0.1) is 0 Å². The summed E-state index contributed by atoms with van der Waals surface area (Å²) in [5, 5.41) is 0. The largest absolute Gasteiger partial charge is 0.472 e. The van der Waals surface area contributed by atoms with Crippen molar-refractivity contribution in [3.05, 3.63) is 134 Å². The van der Waals surface area contributed by atoms with Crippen LogP contribution in [0.2, 0.25) is 0 Å². The van der Waals surface area contributed by atoms with Gasteiger partial charge in [0.2, 0.25) is 0 Å². The molecule has 0 aromatic carbocycles. The van der Waals surface area contributed by atoms with Crippen molar-refractivity contribution in [1.29, 1.82) is 0 Å². The minimum absolute atomic E-state index is 0.00601. The predicted octanol–water partition coefficient (Wildman–Crippen LogP) is 14.2. The molecule has 0 fully saturated rings. The molecule has 0 rings (SSSR count). The lowest BCUT2D eigenvalue weighted by Gasteiger charge is -2.24. The molecule has 0 heterocycles. The summed E-state index contributed by atoms with van der Waals surface area (Å²) >= 11 is 0. The maximum Gasteiger partial charge on any atom is 0.472 e. The number of phosphoric ester groups is 1. The fraction of sp³-hybridized carbons (Fsp3) is 0.556. The number of nitrogens with zero attached hydrogens (tertiary/aromatic N) is 1. The number of hydrogen-bond donors (Lipinski definition) is 1. The molecule has 2 unspecified atom stereocenters. The van der Waals surface area contributed by atoms with Crippen molar-refractivity contribution in [3.8, 4) is 0 Å². The fourth-order valence-electron chi connectivity index (χ4n) is 5.53. The quantitative estimate of drug-likeness (QED) is 0.0212. The van der Waals surface area contributed by atoms with Crippen LogP contribution >= 0.6 is 7.82 Å². The summed E-state index contributed by atoms with van der Waals surface area (Å²) in [6.45, 7) is 4.05. The molecule has 0 aliphatic rings. The molecular weight excluding hydrogens is 822 g/mol. The maximum atomic E-state index is 12.7. The number of unbranched alkanes of at least 4 members (excludes halogenated alkanes) is 5. The molecule has 360 valence electrons. The molecule has 0 amide bonds. The molecule has 0 aromatic heterocycles. The van der Waals surface area contributed by atoms with Crippen LogP contribution in [0.4, 0.5) is 0 Å². The molecular formula is C54H87NO8P+. The summed E-state index contributed by atoms with van der Waals surface area (Å²) in [6, 6.07) is 0. The first-order valence-corrected chi connectivity index (χ1v) is 25.4. The highest BCUT2D eigenvalue weighted by Crippen LogP contribution is 2.43. The van der Waals surface area contributed by atoms with Gasteiger partial charge in [-0.25, -0.2) is 4.57 Å². The lowest BCUT2D eigenvalue weighted by molar-refractivity contribution is -0.870. The van der Waals surface area contributed by atoms with E-state index in [1.165, 1.54) is 0 Å². The van der Waals surface area contributed by atoms with Crippen molar-refractivity contribution in [1.82, 2.24) is 0 Å². The molecule has 1 N–H and O–H groups in total. The van der Waals surface area contributed by atoms with E-state index in [0.717, 1.165) is 103 Å². The Kier molecular flexibility index (Phi) is 41.7. The Morgan fingerprint density at radius 2 is 0.875 bits per heavy atom. The summed E-state index contributed by atoms with van der Waals surface area (Å²) in [5.41, 5.74) is 0. The van der Waals surface area contributed by atoms with E-state index in [1.54, 1.807) is 0 Å². The van der Waals surface area contributed by atoms with Crippen molar-refractivity contribution in [2.24, 2.45) is 0 Å². The minimum Gasteiger partial charge on any atom is -0.462 e. The van der Waals surface area contributed by atoms with Crippen LogP contribution in [0.1, 0.15) is 142 Å². The third-order valence-electron chi connectivity index (χ3n) is 9.19. The molecule has 0 saturated carbocycles. The molecule has 9 nitrogen and oxygen atoms in total. The van der Waals surface area contributed by atoms with E-state index < -0.39 is 32.5 Å². The van der Waals surface area contributed by atoms with Crippen molar-refractivity contribution < 1.29 is 42.1 Å². The van der Waals surface area contributed by atoms with Gasteiger partial charge in [0.15, 0.2) is 6.10 Å². The van der Waals surface area contributed by atoms with Crippen molar-refractivity contribution >= 4 is 19.8 Å². The van der Waals surface area contributed by atoms with E-state index in [9.17, 15) is 19.0 Å². The summed E-state index contributed by atoms with van der Waals surface area (Å²) in [5.74, 6) is -0.934. The average molecular weight is 909 g/mol. The van der Waals surface area contributed by atoms with Gasteiger partial charge in [0, 0.05) is 12.8 Å². The second kappa shape index (κ2) is 44.4. The number of rotatable bonds is 41. The highest BCUT2D eigenvalue weighted by Gasteiger charge is 2.27. The van der Waals surface area contributed by atoms with Crippen LogP contribution in [0.25, 0.3) is 0 Å². The van der Waals surface area contributed by atoms with Gasteiger partial charge in [-0.15, -0.1) is 0 Å². The smallest absolute Gasteiger partial charge is 0.462 e. The van der Waals surface area contributed by atoms with Gasteiger partial charge in [0.1, 0.15) is 19.8 Å².